The van der Waals surface area contributed by atoms with E-state index >= 15 is 0 Å². The van der Waals surface area contributed by atoms with Gasteiger partial charge in [-0.15, -0.1) is 0 Å². The summed E-state index contributed by atoms with van der Waals surface area (Å²) in [5, 5.41) is 11.2. The van der Waals surface area contributed by atoms with Gasteiger partial charge in [0.15, 0.2) is 5.82 Å². The van der Waals surface area contributed by atoms with Crippen LogP contribution in [0.1, 0.15) is 24.7 Å². The van der Waals surface area contributed by atoms with Gasteiger partial charge >= 0.3 is 0 Å². The van der Waals surface area contributed by atoms with Crippen LogP contribution in [0.4, 0.5) is 0 Å². The first kappa shape index (κ1) is 11.7. The third-order valence-electron chi connectivity index (χ3n) is 2.20. The average Bonchev–Trinajstić information content (AvgIpc) is 2.70. The van der Waals surface area contributed by atoms with E-state index in [1.807, 2.05) is 12.1 Å². The van der Waals surface area contributed by atoms with Crippen LogP contribution in [-0.2, 0) is 6.42 Å². The minimum atomic E-state index is 0.508. The van der Waals surface area contributed by atoms with Crippen molar-refractivity contribution in [3.63, 3.8) is 0 Å². The van der Waals surface area contributed by atoms with Crippen molar-refractivity contribution < 1.29 is 0 Å². The fourth-order valence-electron chi connectivity index (χ4n) is 1.41. The lowest BCUT2D eigenvalue weighted by atomic mass is 10.3. The van der Waals surface area contributed by atoms with Crippen molar-refractivity contribution in [3.8, 4) is 0 Å². The molecule has 6 heteroatoms. The average molecular weight is 247 g/mol. The Morgan fingerprint density at radius 2 is 2.47 bits per heavy atom. The third kappa shape index (κ3) is 2.85. The lowest BCUT2D eigenvalue weighted by molar-refractivity contribution is 0.740. The zero-order valence-corrected chi connectivity index (χ0v) is 10.3. The lowest BCUT2D eigenvalue weighted by Gasteiger charge is -1.97. The second-order valence-corrected chi connectivity index (χ2v) is 3.92. The number of aryl methyl sites for hydroxylation is 1. The van der Waals surface area contributed by atoms with Gasteiger partial charge < -0.3 is 0 Å². The van der Waals surface area contributed by atoms with Crippen molar-refractivity contribution >= 4 is 18.4 Å². The molecule has 0 fully saturated rings. The number of aromatic nitrogens is 4. The molecule has 17 heavy (non-hydrogen) atoms. The first-order chi connectivity index (χ1) is 8.31. The molecule has 0 bridgehead atoms. The van der Waals surface area contributed by atoms with Gasteiger partial charge in [-0.25, -0.2) is 0 Å². The molecule has 0 amide bonds. The first-order valence-electron chi connectivity index (χ1n) is 5.42. The zero-order valence-electron chi connectivity index (χ0n) is 9.50. The van der Waals surface area contributed by atoms with E-state index in [-0.39, 0.29) is 0 Å². The van der Waals surface area contributed by atoms with Crippen molar-refractivity contribution in [2.24, 2.45) is 5.10 Å². The molecule has 2 aromatic heterocycles. The molecular formula is C11H13N5S. The van der Waals surface area contributed by atoms with E-state index in [0.29, 0.717) is 4.77 Å². The van der Waals surface area contributed by atoms with Gasteiger partial charge in [-0.05, 0) is 24.7 Å². The largest absolute Gasteiger partial charge is 0.264 e. The van der Waals surface area contributed by atoms with Gasteiger partial charge in [0.1, 0.15) is 0 Å². The van der Waals surface area contributed by atoms with E-state index in [1.54, 1.807) is 23.3 Å². The first-order valence-corrected chi connectivity index (χ1v) is 5.82. The summed E-state index contributed by atoms with van der Waals surface area (Å²) in [5.74, 6) is 0.845. The van der Waals surface area contributed by atoms with E-state index in [0.717, 1.165) is 24.2 Å². The SMILES string of the molecule is CCCc1n[nH]c(=S)n1/N=C/c1cccnc1. The minimum Gasteiger partial charge on any atom is -0.264 e. The van der Waals surface area contributed by atoms with E-state index < -0.39 is 0 Å². The number of hydrogen-bond donors (Lipinski definition) is 1. The maximum absolute atomic E-state index is 5.12. The Bertz CT molecular complexity index is 555. The summed E-state index contributed by atoms with van der Waals surface area (Å²) in [7, 11) is 0. The van der Waals surface area contributed by atoms with Crippen molar-refractivity contribution in [1.29, 1.82) is 0 Å². The molecule has 2 rings (SSSR count). The summed E-state index contributed by atoms with van der Waals surface area (Å²) in [4.78, 5) is 4.02. The van der Waals surface area contributed by atoms with Gasteiger partial charge in [0.05, 0.1) is 6.21 Å². The number of rotatable bonds is 4. The zero-order chi connectivity index (χ0) is 12.1. The highest BCUT2D eigenvalue weighted by Gasteiger charge is 2.02. The van der Waals surface area contributed by atoms with Gasteiger partial charge in [0.2, 0.25) is 4.77 Å². The monoisotopic (exact) mass is 247 g/mol. The normalized spacial score (nSPS) is 11.1. The summed E-state index contributed by atoms with van der Waals surface area (Å²) >= 11 is 5.12. The van der Waals surface area contributed by atoms with Crippen LogP contribution in [0.25, 0.3) is 0 Å². The maximum Gasteiger partial charge on any atom is 0.216 e. The van der Waals surface area contributed by atoms with E-state index in [2.05, 4.69) is 27.2 Å². The highest BCUT2D eigenvalue weighted by molar-refractivity contribution is 7.71. The number of H-pyrrole nitrogens is 1. The highest BCUT2D eigenvalue weighted by Crippen LogP contribution is 2.01. The Morgan fingerprint density at radius 1 is 1.59 bits per heavy atom. The molecule has 0 aliphatic carbocycles. The summed E-state index contributed by atoms with van der Waals surface area (Å²) < 4.78 is 2.15. The lowest BCUT2D eigenvalue weighted by Crippen LogP contribution is -1.98. The molecule has 0 saturated heterocycles. The maximum atomic E-state index is 5.12. The Balaban J connectivity index is 2.26. The molecule has 0 radical (unpaired) electrons. The number of aromatic amines is 1. The molecule has 0 atom stereocenters. The number of pyridine rings is 1. The second kappa shape index (κ2) is 5.49. The topological polar surface area (TPSA) is 58.9 Å². The molecule has 2 heterocycles. The van der Waals surface area contributed by atoms with Gasteiger partial charge in [-0.1, -0.05) is 13.0 Å². The van der Waals surface area contributed by atoms with Crippen LogP contribution in [0.3, 0.4) is 0 Å². The van der Waals surface area contributed by atoms with E-state index in [1.165, 1.54) is 0 Å². The van der Waals surface area contributed by atoms with Crippen molar-refractivity contribution in [1.82, 2.24) is 19.9 Å². The van der Waals surface area contributed by atoms with Crippen LogP contribution in [0, 0.1) is 4.77 Å². The van der Waals surface area contributed by atoms with Gasteiger partial charge in [-0.2, -0.15) is 14.9 Å². The molecule has 0 spiro atoms. The predicted molar refractivity (Wildman–Crippen MR) is 68.6 cm³/mol. The molecule has 0 aliphatic heterocycles. The van der Waals surface area contributed by atoms with Crippen LogP contribution < -0.4 is 0 Å². The van der Waals surface area contributed by atoms with Crippen molar-refractivity contribution in [2.75, 3.05) is 0 Å². The number of hydrogen-bond acceptors (Lipinski definition) is 4. The fourth-order valence-corrected chi connectivity index (χ4v) is 1.60. The van der Waals surface area contributed by atoms with Crippen LogP contribution in [0.2, 0.25) is 0 Å². The summed E-state index contributed by atoms with van der Waals surface area (Å²) in [6.45, 7) is 2.09. The summed E-state index contributed by atoms with van der Waals surface area (Å²) in [6.07, 6.45) is 7.03. The van der Waals surface area contributed by atoms with Crippen LogP contribution in [0.15, 0.2) is 29.6 Å². The Kier molecular flexibility index (Phi) is 3.77. The second-order valence-electron chi connectivity index (χ2n) is 3.54. The number of nitrogens with one attached hydrogen (secondary N) is 1. The minimum absolute atomic E-state index is 0.508. The van der Waals surface area contributed by atoms with Crippen LogP contribution >= 0.6 is 12.2 Å². The Hall–Kier alpha value is -1.82. The third-order valence-corrected chi connectivity index (χ3v) is 2.46. The smallest absolute Gasteiger partial charge is 0.216 e. The highest BCUT2D eigenvalue weighted by atomic mass is 32.1. The Labute approximate surface area is 104 Å². The van der Waals surface area contributed by atoms with Crippen LogP contribution in [0.5, 0.6) is 0 Å². The van der Waals surface area contributed by atoms with Gasteiger partial charge in [-0.3, -0.25) is 10.1 Å². The standard InChI is InChI=1S/C11H13N5S/c1-2-4-10-14-15-11(17)16(10)13-8-9-5-3-6-12-7-9/h3,5-8H,2,4H2,1H3,(H,15,17)/b13-8+. The van der Waals surface area contributed by atoms with Gasteiger partial charge in [0, 0.05) is 24.4 Å². The molecule has 5 nitrogen and oxygen atoms in total. The molecule has 88 valence electrons. The molecule has 0 aromatic carbocycles. The molecule has 2 aromatic rings. The molecule has 0 unspecified atom stereocenters. The molecule has 1 N–H and O–H groups in total. The van der Waals surface area contributed by atoms with E-state index in [9.17, 15) is 0 Å². The van der Waals surface area contributed by atoms with Crippen LogP contribution in [-0.4, -0.2) is 26.1 Å². The summed E-state index contributed by atoms with van der Waals surface area (Å²) in [6, 6.07) is 3.79. The predicted octanol–water partition coefficient (Wildman–Crippen LogP) is 2.17. The molecule has 0 saturated carbocycles. The Morgan fingerprint density at radius 3 is 3.18 bits per heavy atom. The van der Waals surface area contributed by atoms with E-state index in [4.69, 9.17) is 12.2 Å². The van der Waals surface area contributed by atoms with Gasteiger partial charge in [0.25, 0.3) is 0 Å². The molecular weight excluding hydrogens is 234 g/mol. The van der Waals surface area contributed by atoms with Crippen molar-refractivity contribution in [3.05, 3.63) is 40.7 Å². The number of nitrogens with zero attached hydrogens (tertiary/aromatic N) is 4. The quantitative estimate of drug-likeness (QED) is 0.665. The summed E-state index contributed by atoms with van der Waals surface area (Å²) in [5.41, 5.74) is 0.929. The molecule has 0 aliphatic rings. The fraction of sp³-hybridized carbons (Fsp3) is 0.273. The van der Waals surface area contributed by atoms with Crippen molar-refractivity contribution in [2.45, 2.75) is 19.8 Å².